The molecule has 3 amide bonds. The van der Waals surface area contributed by atoms with Crippen molar-refractivity contribution in [1.29, 1.82) is 0 Å². The molecule has 2 aliphatic heterocycles. The van der Waals surface area contributed by atoms with Crippen molar-refractivity contribution in [3.05, 3.63) is 58.3 Å². The number of amides is 3. The largest absolute Gasteiger partial charge is 0.342 e. The fourth-order valence-corrected chi connectivity index (χ4v) is 4.77. The van der Waals surface area contributed by atoms with Crippen molar-refractivity contribution < 1.29 is 9.59 Å². The number of likely N-dealkylation sites (tertiary alicyclic amines) is 2. The Morgan fingerprint density at radius 3 is 2.70 bits per heavy atom. The Kier molecular flexibility index (Phi) is 5.16. The van der Waals surface area contributed by atoms with Crippen LogP contribution in [-0.4, -0.2) is 47.9 Å². The average Bonchev–Trinajstić information content (AvgIpc) is 3.43. The second-order valence-electron chi connectivity index (χ2n) is 7.47. The number of carbonyl (C=O) groups is 2. The summed E-state index contributed by atoms with van der Waals surface area (Å²) in [7, 11) is 0. The summed E-state index contributed by atoms with van der Waals surface area (Å²) in [4.78, 5) is 30.4. The van der Waals surface area contributed by atoms with Crippen molar-refractivity contribution in [1.82, 2.24) is 15.1 Å². The van der Waals surface area contributed by atoms with Gasteiger partial charge in [-0.15, -0.1) is 11.3 Å². The van der Waals surface area contributed by atoms with Gasteiger partial charge in [0.25, 0.3) is 0 Å². The van der Waals surface area contributed by atoms with E-state index in [1.54, 1.807) is 11.3 Å². The van der Waals surface area contributed by atoms with E-state index in [0.717, 1.165) is 37.2 Å². The van der Waals surface area contributed by atoms with Crippen molar-refractivity contribution in [2.75, 3.05) is 26.2 Å². The molecule has 1 N–H and O–H groups in total. The molecule has 0 aliphatic carbocycles. The van der Waals surface area contributed by atoms with Crippen LogP contribution in [0.5, 0.6) is 0 Å². The van der Waals surface area contributed by atoms with Crippen LogP contribution in [0.1, 0.15) is 23.3 Å². The molecular formula is C21H25N3O2S. The highest BCUT2D eigenvalue weighted by Crippen LogP contribution is 2.40. The van der Waals surface area contributed by atoms with E-state index in [1.807, 2.05) is 45.5 Å². The molecule has 2 aliphatic rings. The molecular weight excluding hydrogens is 358 g/mol. The van der Waals surface area contributed by atoms with Crippen LogP contribution >= 0.6 is 11.3 Å². The van der Waals surface area contributed by atoms with Crippen LogP contribution < -0.4 is 5.32 Å². The zero-order valence-electron chi connectivity index (χ0n) is 15.4. The number of nitrogens with zero attached hydrogens (tertiary/aromatic N) is 2. The number of rotatable bonds is 5. The molecule has 0 radical (unpaired) electrons. The molecule has 3 heterocycles. The molecule has 2 saturated heterocycles. The van der Waals surface area contributed by atoms with Crippen molar-refractivity contribution in [2.24, 2.45) is 5.41 Å². The summed E-state index contributed by atoms with van der Waals surface area (Å²) >= 11 is 1.64. The standard InChI is InChI=1S/C21H25N3O2S/c25-19-21(9-12-23(19)11-8-17-5-2-1-3-6-17)10-13-24(16-21)20(26)22-15-18-7-4-14-27-18/h1-7,14H,8-13,15-16H2,(H,22,26). The first-order chi connectivity index (χ1) is 13.2. The molecule has 4 rings (SSSR count). The average molecular weight is 384 g/mol. The lowest BCUT2D eigenvalue weighted by atomic mass is 9.85. The second kappa shape index (κ2) is 7.72. The summed E-state index contributed by atoms with van der Waals surface area (Å²) in [6, 6.07) is 14.2. The third-order valence-electron chi connectivity index (χ3n) is 5.75. The van der Waals surface area contributed by atoms with Gasteiger partial charge in [-0.25, -0.2) is 4.79 Å². The van der Waals surface area contributed by atoms with Gasteiger partial charge < -0.3 is 15.1 Å². The van der Waals surface area contributed by atoms with Crippen LogP contribution in [0.2, 0.25) is 0 Å². The summed E-state index contributed by atoms with van der Waals surface area (Å²) in [5, 5.41) is 4.99. The zero-order valence-corrected chi connectivity index (χ0v) is 16.2. The van der Waals surface area contributed by atoms with E-state index >= 15 is 0 Å². The van der Waals surface area contributed by atoms with Crippen LogP contribution in [0.3, 0.4) is 0 Å². The topological polar surface area (TPSA) is 52.7 Å². The van der Waals surface area contributed by atoms with E-state index in [0.29, 0.717) is 19.6 Å². The maximum Gasteiger partial charge on any atom is 0.317 e. The fraction of sp³-hybridized carbons (Fsp3) is 0.429. The Labute approximate surface area is 164 Å². The van der Waals surface area contributed by atoms with Crippen LogP contribution in [0.25, 0.3) is 0 Å². The first-order valence-corrected chi connectivity index (χ1v) is 10.4. The van der Waals surface area contributed by atoms with Crippen molar-refractivity contribution in [3.8, 4) is 0 Å². The molecule has 1 atom stereocenters. The Balaban J connectivity index is 1.30. The van der Waals surface area contributed by atoms with Gasteiger partial charge in [0.1, 0.15) is 0 Å². The lowest BCUT2D eigenvalue weighted by Crippen LogP contribution is -2.42. The van der Waals surface area contributed by atoms with Gasteiger partial charge in [-0.1, -0.05) is 36.4 Å². The van der Waals surface area contributed by atoms with E-state index in [1.165, 1.54) is 5.56 Å². The van der Waals surface area contributed by atoms with Gasteiger partial charge in [0.15, 0.2) is 0 Å². The molecule has 2 aromatic rings. The molecule has 27 heavy (non-hydrogen) atoms. The fourth-order valence-electron chi connectivity index (χ4n) is 4.13. The van der Waals surface area contributed by atoms with Crippen LogP contribution in [0.4, 0.5) is 4.79 Å². The quantitative estimate of drug-likeness (QED) is 0.862. The maximum atomic E-state index is 13.0. The molecule has 1 aromatic heterocycles. The summed E-state index contributed by atoms with van der Waals surface area (Å²) in [6.45, 7) is 3.32. The monoisotopic (exact) mass is 383 g/mol. The highest BCUT2D eigenvalue weighted by molar-refractivity contribution is 7.09. The second-order valence-corrected chi connectivity index (χ2v) is 8.50. The third kappa shape index (κ3) is 3.86. The normalized spacial score (nSPS) is 22.0. The molecule has 142 valence electrons. The highest BCUT2D eigenvalue weighted by Gasteiger charge is 2.51. The molecule has 0 saturated carbocycles. The number of thiophene rings is 1. The number of hydrogen-bond acceptors (Lipinski definition) is 3. The van der Waals surface area contributed by atoms with Gasteiger partial charge in [0.2, 0.25) is 5.91 Å². The van der Waals surface area contributed by atoms with E-state index in [2.05, 4.69) is 17.4 Å². The molecule has 5 nitrogen and oxygen atoms in total. The summed E-state index contributed by atoms with van der Waals surface area (Å²) in [5.74, 6) is 0.229. The SMILES string of the molecule is O=C(NCc1cccs1)N1CCC2(CCN(CCc3ccccc3)C2=O)C1. The van der Waals surface area contributed by atoms with Crippen molar-refractivity contribution in [3.63, 3.8) is 0 Å². The van der Waals surface area contributed by atoms with Crippen molar-refractivity contribution >= 4 is 23.3 Å². The first kappa shape index (κ1) is 18.0. The van der Waals surface area contributed by atoms with Gasteiger partial charge in [0.05, 0.1) is 12.0 Å². The smallest absolute Gasteiger partial charge is 0.317 e. The van der Waals surface area contributed by atoms with Gasteiger partial charge in [-0.05, 0) is 36.3 Å². The molecule has 6 heteroatoms. The number of urea groups is 1. The van der Waals surface area contributed by atoms with Crippen LogP contribution in [0, 0.1) is 5.41 Å². The van der Waals surface area contributed by atoms with Gasteiger partial charge in [0, 0.05) is 31.1 Å². The van der Waals surface area contributed by atoms with Gasteiger partial charge in [-0.3, -0.25) is 4.79 Å². The minimum atomic E-state index is -0.364. The lowest BCUT2D eigenvalue weighted by Gasteiger charge is -2.24. The molecule has 1 aromatic carbocycles. The minimum absolute atomic E-state index is 0.0594. The first-order valence-electron chi connectivity index (χ1n) is 9.55. The predicted octanol–water partition coefficient (Wildman–Crippen LogP) is 3.12. The third-order valence-corrected chi connectivity index (χ3v) is 6.63. The number of hydrogen-bond donors (Lipinski definition) is 1. The minimum Gasteiger partial charge on any atom is -0.342 e. The number of nitrogens with one attached hydrogen (secondary N) is 1. The molecule has 2 fully saturated rings. The van der Waals surface area contributed by atoms with E-state index in [9.17, 15) is 9.59 Å². The Hall–Kier alpha value is -2.34. The number of carbonyl (C=O) groups excluding carboxylic acids is 2. The number of benzene rings is 1. The Morgan fingerprint density at radius 2 is 1.93 bits per heavy atom. The molecule has 1 spiro atoms. The highest BCUT2D eigenvalue weighted by atomic mass is 32.1. The predicted molar refractivity (Wildman–Crippen MR) is 107 cm³/mol. The van der Waals surface area contributed by atoms with Crippen LogP contribution in [0.15, 0.2) is 47.8 Å². The zero-order chi connectivity index (χ0) is 18.7. The maximum absolute atomic E-state index is 13.0. The van der Waals surface area contributed by atoms with Crippen LogP contribution in [-0.2, 0) is 17.8 Å². The van der Waals surface area contributed by atoms with E-state index in [4.69, 9.17) is 0 Å². The van der Waals surface area contributed by atoms with Gasteiger partial charge in [-0.2, -0.15) is 0 Å². The molecule has 1 unspecified atom stereocenters. The lowest BCUT2D eigenvalue weighted by molar-refractivity contribution is -0.135. The summed E-state index contributed by atoms with van der Waals surface area (Å²) < 4.78 is 0. The summed E-state index contributed by atoms with van der Waals surface area (Å²) in [6.07, 6.45) is 2.52. The summed E-state index contributed by atoms with van der Waals surface area (Å²) in [5.41, 5.74) is 0.893. The van der Waals surface area contributed by atoms with E-state index < -0.39 is 0 Å². The van der Waals surface area contributed by atoms with Crippen molar-refractivity contribution in [2.45, 2.75) is 25.8 Å². The van der Waals surface area contributed by atoms with E-state index in [-0.39, 0.29) is 17.4 Å². The molecule has 0 bridgehead atoms. The van der Waals surface area contributed by atoms with Gasteiger partial charge >= 0.3 is 6.03 Å². The Bertz CT molecular complexity index is 793. The Morgan fingerprint density at radius 1 is 1.11 bits per heavy atom.